The van der Waals surface area contributed by atoms with Gasteiger partial charge in [0, 0.05) is 30.6 Å². The highest BCUT2D eigenvalue weighted by Crippen LogP contribution is 2.31. The maximum Gasteiger partial charge on any atom is 0.243 e. The Morgan fingerprint density at radius 3 is 2.48 bits per heavy atom. The fraction of sp³-hybridized carbons (Fsp3) is 0.294. The molecule has 2 aromatic rings. The van der Waals surface area contributed by atoms with Gasteiger partial charge in [0.15, 0.2) is 0 Å². The number of sulfonamides is 1. The van der Waals surface area contributed by atoms with Gasteiger partial charge in [-0.25, -0.2) is 12.8 Å². The summed E-state index contributed by atoms with van der Waals surface area (Å²) in [5.74, 6) is -0.575. The molecule has 1 fully saturated rings. The molecule has 1 aliphatic rings. The van der Waals surface area contributed by atoms with Gasteiger partial charge in [-0.2, -0.15) is 4.31 Å². The van der Waals surface area contributed by atoms with Crippen LogP contribution in [0.1, 0.15) is 17.0 Å². The van der Waals surface area contributed by atoms with Crippen LogP contribution < -0.4 is 5.73 Å². The quantitative estimate of drug-likeness (QED) is 0.936. The highest BCUT2D eigenvalue weighted by molar-refractivity contribution is 7.89. The van der Waals surface area contributed by atoms with Crippen LogP contribution in [0.4, 0.5) is 4.39 Å². The number of nitrogens with two attached hydrogens (primary N) is 1. The van der Waals surface area contributed by atoms with Crippen molar-refractivity contribution in [2.75, 3.05) is 13.1 Å². The van der Waals surface area contributed by atoms with Gasteiger partial charge < -0.3 is 5.73 Å². The lowest BCUT2D eigenvalue weighted by Crippen LogP contribution is -2.32. The van der Waals surface area contributed by atoms with Gasteiger partial charge in [-0.05, 0) is 24.6 Å². The van der Waals surface area contributed by atoms with Gasteiger partial charge in [-0.3, -0.25) is 0 Å². The van der Waals surface area contributed by atoms with Gasteiger partial charge in [0.25, 0.3) is 0 Å². The first kappa shape index (κ1) is 16.1. The molecular formula is C17H19FN2O2S. The molecule has 122 valence electrons. The minimum atomic E-state index is -3.75. The minimum absolute atomic E-state index is 0.0124. The molecule has 0 saturated carbocycles. The molecule has 0 amide bonds. The van der Waals surface area contributed by atoms with E-state index >= 15 is 0 Å². The van der Waals surface area contributed by atoms with Gasteiger partial charge in [0.2, 0.25) is 10.0 Å². The van der Waals surface area contributed by atoms with E-state index < -0.39 is 15.8 Å². The maximum absolute atomic E-state index is 13.7. The molecule has 23 heavy (non-hydrogen) atoms. The van der Waals surface area contributed by atoms with Crippen LogP contribution in [0.2, 0.25) is 0 Å². The van der Waals surface area contributed by atoms with E-state index in [2.05, 4.69) is 0 Å². The average Bonchev–Trinajstić information content (AvgIpc) is 2.93. The molecule has 0 spiro atoms. The van der Waals surface area contributed by atoms with Crippen molar-refractivity contribution in [2.45, 2.75) is 23.8 Å². The summed E-state index contributed by atoms with van der Waals surface area (Å²) in [6.45, 7) is 2.02. The van der Waals surface area contributed by atoms with Crippen LogP contribution in [0, 0.1) is 12.7 Å². The Labute approximate surface area is 135 Å². The van der Waals surface area contributed by atoms with E-state index in [0.29, 0.717) is 6.54 Å². The van der Waals surface area contributed by atoms with E-state index in [1.165, 1.54) is 29.4 Å². The maximum atomic E-state index is 13.7. The van der Waals surface area contributed by atoms with Crippen LogP contribution in [0.25, 0.3) is 0 Å². The Balaban J connectivity index is 1.92. The number of nitrogens with zero attached hydrogens (tertiary/aromatic N) is 1. The van der Waals surface area contributed by atoms with E-state index in [1.807, 2.05) is 30.3 Å². The third-order valence-electron chi connectivity index (χ3n) is 4.40. The summed E-state index contributed by atoms with van der Waals surface area (Å²) in [6, 6.07) is 13.5. The van der Waals surface area contributed by atoms with Crippen LogP contribution in [0.15, 0.2) is 53.4 Å². The zero-order valence-electron chi connectivity index (χ0n) is 12.8. The van der Waals surface area contributed by atoms with Crippen molar-refractivity contribution in [1.29, 1.82) is 0 Å². The van der Waals surface area contributed by atoms with Gasteiger partial charge in [-0.1, -0.05) is 36.4 Å². The Bertz CT molecular complexity index is 809. The smallest absolute Gasteiger partial charge is 0.243 e. The molecule has 0 aromatic heterocycles. The van der Waals surface area contributed by atoms with Crippen LogP contribution in [-0.4, -0.2) is 31.9 Å². The molecular weight excluding hydrogens is 315 g/mol. The number of halogens is 1. The van der Waals surface area contributed by atoms with Crippen LogP contribution in [0.5, 0.6) is 0 Å². The van der Waals surface area contributed by atoms with E-state index in [1.54, 1.807) is 0 Å². The van der Waals surface area contributed by atoms with Crippen molar-refractivity contribution >= 4 is 10.0 Å². The first-order valence-corrected chi connectivity index (χ1v) is 8.91. The molecule has 1 heterocycles. The monoisotopic (exact) mass is 334 g/mol. The van der Waals surface area contributed by atoms with E-state index in [0.717, 1.165) is 5.56 Å². The third-order valence-corrected chi connectivity index (χ3v) is 6.37. The minimum Gasteiger partial charge on any atom is -0.326 e. The van der Waals surface area contributed by atoms with Crippen molar-refractivity contribution in [3.63, 3.8) is 0 Å². The Morgan fingerprint density at radius 1 is 1.09 bits per heavy atom. The van der Waals surface area contributed by atoms with Crippen molar-refractivity contribution in [3.05, 3.63) is 65.5 Å². The van der Waals surface area contributed by atoms with Gasteiger partial charge >= 0.3 is 0 Å². The molecule has 0 unspecified atom stereocenters. The Morgan fingerprint density at radius 2 is 1.78 bits per heavy atom. The van der Waals surface area contributed by atoms with E-state index in [4.69, 9.17) is 5.73 Å². The van der Waals surface area contributed by atoms with E-state index in [-0.39, 0.29) is 29.0 Å². The van der Waals surface area contributed by atoms with Crippen molar-refractivity contribution in [2.24, 2.45) is 5.73 Å². The molecule has 2 aromatic carbocycles. The molecule has 3 rings (SSSR count). The van der Waals surface area contributed by atoms with Crippen molar-refractivity contribution in [1.82, 2.24) is 4.31 Å². The summed E-state index contributed by atoms with van der Waals surface area (Å²) in [5.41, 5.74) is 7.33. The number of rotatable bonds is 3. The molecule has 1 aliphatic heterocycles. The fourth-order valence-corrected chi connectivity index (χ4v) is 4.79. The largest absolute Gasteiger partial charge is 0.326 e. The molecule has 0 aliphatic carbocycles. The SMILES string of the molecule is Cc1c(F)cccc1S(=O)(=O)N1C[C@@H](N)[C@H](c2ccccc2)C1. The number of hydrogen-bond donors (Lipinski definition) is 1. The Hall–Kier alpha value is -1.76. The molecule has 0 radical (unpaired) electrons. The molecule has 2 N–H and O–H groups in total. The standard InChI is InChI=1S/C17H19FN2O2S/c1-12-15(18)8-5-9-17(12)23(21,22)20-10-14(16(19)11-20)13-6-3-2-4-7-13/h2-9,14,16H,10-11,19H2,1H3/t14-,16+/m0/s1. The third kappa shape index (κ3) is 2.89. The average molecular weight is 334 g/mol. The highest BCUT2D eigenvalue weighted by Gasteiger charge is 2.38. The van der Waals surface area contributed by atoms with Crippen molar-refractivity contribution in [3.8, 4) is 0 Å². The lowest BCUT2D eigenvalue weighted by atomic mass is 9.95. The second kappa shape index (κ2) is 6.03. The van der Waals surface area contributed by atoms with Crippen molar-refractivity contribution < 1.29 is 12.8 Å². The molecule has 2 atom stereocenters. The first-order valence-electron chi connectivity index (χ1n) is 7.47. The summed E-state index contributed by atoms with van der Waals surface area (Å²) in [7, 11) is -3.75. The Kier molecular flexibility index (Phi) is 4.23. The molecule has 6 heteroatoms. The molecule has 1 saturated heterocycles. The van der Waals surface area contributed by atoms with Crippen LogP contribution in [0.3, 0.4) is 0 Å². The van der Waals surface area contributed by atoms with Gasteiger partial charge in [0.05, 0.1) is 4.90 Å². The number of hydrogen-bond acceptors (Lipinski definition) is 3. The summed E-state index contributed by atoms with van der Waals surface area (Å²) in [5, 5.41) is 0. The molecule has 4 nitrogen and oxygen atoms in total. The second-order valence-electron chi connectivity index (χ2n) is 5.87. The number of benzene rings is 2. The summed E-state index contributed by atoms with van der Waals surface area (Å²) in [6.07, 6.45) is 0. The zero-order chi connectivity index (χ0) is 16.6. The summed E-state index contributed by atoms with van der Waals surface area (Å²) in [4.78, 5) is 0.0124. The summed E-state index contributed by atoms with van der Waals surface area (Å²) < 4.78 is 40.7. The van der Waals surface area contributed by atoms with E-state index in [9.17, 15) is 12.8 Å². The topological polar surface area (TPSA) is 63.4 Å². The normalized spacial score (nSPS) is 22.4. The zero-order valence-corrected chi connectivity index (χ0v) is 13.6. The van der Waals surface area contributed by atoms with Gasteiger partial charge in [-0.15, -0.1) is 0 Å². The predicted octanol–water partition coefficient (Wildman–Crippen LogP) is 2.25. The molecule has 0 bridgehead atoms. The predicted molar refractivity (Wildman–Crippen MR) is 87.1 cm³/mol. The highest BCUT2D eigenvalue weighted by atomic mass is 32.2. The summed E-state index contributed by atoms with van der Waals surface area (Å²) >= 11 is 0. The second-order valence-corrected chi connectivity index (χ2v) is 7.77. The van der Waals surface area contributed by atoms with Gasteiger partial charge in [0.1, 0.15) is 5.82 Å². The van der Waals surface area contributed by atoms with Crippen LogP contribution >= 0.6 is 0 Å². The lowest BCUT2D eigenvalue weighted by Gasteiger charge is -2.18. The lowest BCUT2D eigenvalue weighted by molar-refractivity contribution is 0.468. The fourth-order valence-electron chi connectivity index (χ4n) is 3.05. The first-order chi connectivity index (χ1) is 10.9. The van der Waals surface area contributed by atoms with Crippen LogP contribution in [-0.2, 0) is 10.0 Å².